The lowest BCUT2D eigenvalue weighted by molar-refractivity contribution is -0.132. The quantitative estimate of drug-likeness (QED) is 0.472. The summed E-state index contributed by atoms with van der Waals surface area (Å²) in [5, 5.41) is 1.14. The van der Waals surface area contributed by atoms with E-state index in [0.29, 0.717) is 12.6 Å². The van der Waals surface area contributed by atoms with Crippen molar-refractivity contribution < 1.29 is 9.59 Å². The van der Waals surface area contributed by atoms with Crippen molar-refractivity contribution >= 4 is 28.9 Å². The Bertz CT molecular complexity index is 1350. The third-order valence-electron chi connectivity index (χ3n) is 8.15. The zero-order valence-electron chi connectivity index (χ0n) is 22.1. The van der Waals surface area contributed by atoms with E-state index in [9.17, 15) is 9.59 Å². The van der Waals surface area contributed by atoms with Crippen molar-refractivity contribution in [3.8, 4) is 11.1 Å². The molecule has 0 unspecified atom stereocenters. The van der Waals surface area contributed by atoms with Crippen LogP contribution in [0.3, 0.4) is 0 Å². The lowest BCUT2D eigenvalue weighted by atomic mass is 9.98. The molecule has 0 bridgehead atoms. The first-order chi connectivity index (χ1) is 18.6. The number of hydrogen-bond donors (Lipinski definition) is 0. The zero-order valence-corrected chi connectivity index (χ0v) is 22.1. The second kappa shape index (κ2) is 10.4. The maximum absolute atomic E-state index is 13.6. The van der Waals surface area contributed by atoms with Gasteiger partial charge in [-0.1, -0.05) is 55.3 Å². The van der Waals surface area contributed by atoms with Gasteiger partial charge in [0.2, 0.25) is 0 Å². The number of fused-ring (bicyclic) bond motifs is 1. The summed E-state index contributed by atoms with van der Waals surface area (Å²) in [6.45, 7) is 3.52. The highest BCUT2D eigenvalue weighted by Gasteiger charge is 2.50. The lowest BCUT2D eigenvalue weighted by Gasteiger charge is -2.27. The van der Waals surface area contributed by atoms with Crippen molar-refractivity contribution in [1.29, 1.82) is 0 Å². The maximum atomic E-state index is 13.6. The van der Waals surface area contributed by atoms with E-state index in [2.05, 4.69) is 64.3 Å². The number of pyridine rings is 1. The fraction of sp³-hybridized carbons (Fsp3) is 0.419. The van der Waals surface area contributed by atoms with E-state index in [0.717, 1.165) is 92.4 Å². The van der Waals surface area contributed by atoms with Crippen LogP contribution in [0.5, 0.6) is 0 Å². The van der Waals surface area contributed by atoms with Gasteiger partial charge in [-0.25, -0.2) is 0 Å². The summed E-state index contributed by atoms with van der Waals surface area (Å²) in [4.78, 5) is 39.3. The third-order valence-corrected chi connectivity index (χ3v) is 8.15. The Balaban J connectivity index is 0.000000476. The van der Waals surface area contributed by atoms with Gasteiger partial charge in [0.15, 0.2) is 0 Å². The van der Waals surface area contributed by atoms with Crippen LogP contribution in [0.4, 0.5) is 0 Å². The van der Waals surface area contributed by atoms with Crippen LogP contribution in [-0.4, -0.2) is 76.7 Å². The Hall–Kier alpha value is -3.42. The summed E-state index contributed by atoms with van der Waals surface area (Å²) in [5.74, 6) is 1.48. The summed E-state index contributed by atoms with van der Waals surface area (Å²) in [6.07, 6.45) is 9.07. The first-order valence-electron chi connectivity index (χ1n) is 13.8. The van der Waals surface area contributed by atoms with Gasteiger partial charge in [-0.05, 0) is 56.0 Å². The van der Waals surface area contributed by atoms with Gasteiger partial charge in [0.25, 0.3) is 5.91 Å². The molecule has 2 saturated carbocycles. The van der Waals surface area contributed by atoms with Gasteiger partial charge in [-0.3, -0.25) is 29.5 Å². The second-order valence-electron chi connectivity index (χ2n) is 11.1. The second-order valence-corrected chi connectivity index (χ2v) is 11.1. The van der Waals surface area contributed by atoms with E-state index < -0.39 is 5.54 Å². The summed E-state index contributed by atoms with van der Waals surface area (Å²) in [6, 6.07) is 18.8. The van der Waals surface area contributed by atoms with Crippen molar-refractivity contribution in [2.24, 2.45) is 10.9 Å². The fourth-order valence-corrected chi connectivity index (χ4v) is 5.78. The van der Waals surface area contributed by atoms with Crippen molar-refractivity contribution in [2.45, 2.75) is 44.1 Å². The molecular formula is C31H35N5O2. The Morgan fingerprint density at radius 2 is 1.71 bits per heavy atom. The molecule has 0 radical (unpaired) electrons. The topological polar surface area (TPSA) is 69.1 Å². The Kier molecular flexibility index (Phi) is 6.80. The number of aromatic nitrogens is 1. The van der Waals surface area contributed by atoms with E-state index in [1.165, 1.54) is 5.56 Å². The molecule has 1 spiro atoms. The minimum Gasteiger partial charge on any atom is -0.303 e. The number of nitrogens with zero attached hydrogens (tertiary/aromatic N) is 5. The van der Waals surface area contributed by atoms with Crippen molar-refractivity contribution in [2.75, 3.05) is 33.5 Å². The number of amidine groups is 1. The maximum Gasteiger partial charge on any atom is 0.257 e. The van der Waals surface area contributed by atoms with Crippen molar-refractivity contribution in [3.63, 3.8) is 0 Å². The number of likely N-dealkylation sites (N-methyl/N-ethyl adjacent to an activating group) is 1. The molecule has 2 aromatic carbocycles. The number of aldehydes is 1. The molecule has 2 aliphatic carbocycles. The SMILES string of the molecule is CN1CCN(CN2C(=O)C3(CCCC3)N=C2c2ccc(-c3ccnc4ccccc34)cc2)C1.O=CC1CC1. The monoisotopic (exact) mass is 509 g/mol. The highest BCUT2D eigenvalue weighted by Crippen LogP contribution is 2.40. The third kappa shape index (κ3) is 4.88. The van der Waals surface area contributed by atoms with E-state index in [-0.39, 0.29) is 5.91 Å². The van der Waals surface area contributed by atoms with Crippen LogP contribution in [0.25, 0.3) is 22.0 Å². The average molecular weight is 510 g/mol. The predicted molar refractivity (Wildman–Crippen MR) is 150 cm³/mol. The van der Waals surface area contributed by atoms with Crippen molar-refractivity contribution in [3.05, 3.63) is 66.4 Å². The molecule has 4 aliphatic rings. The van der Waals surface area contributed by atoms with E-state index in [1.807, 2.05) is 23.2 Å². The molecule has 7 heteroatoms. The smallest absolute Gasteiger partial charge is 0.257 e. The molecule has 0 N–H and O–H groups in total. The van der Waals surface area contributed by atoms with Gasteiger partial charge in [0.1, 0.15) is 17.7 Å². The Labute approximate surface area is 224 Å². The van der Waals surface area contributed by atoms with Gasteiger partial charge >= 0.3 is 0 Å². The minimum atomic E-state index is -0.541. The van der Waals surface area contributed by atoms with Gasteiger partial charge in [-0.15, -0.1) is 0 Å². The first kappa shape index (κ1) is 24.9. The molecule has 2 aliphatic heterocycles. The Morgan fingerprint density at radius 3 is 2.37 bits per heavy atom. The summed E-state index contributed by atoms with van der Waals surface area (Å²) in [5.41, 5.74) is 3.78. The highest BCUT2D eigenvalue weighted by atomic mass is 16.2. The number of para-hydroxylation sites is 1. The van der Waals surface area contributed by atoms with E-state index in [1.54, 1.807) is 0 Å². The molecule has 1 amide bonds. The molecule has 7 nitrogen and oxygen atoms in total. The summed E-state index contributed by atoms with van der Waals surface area (Å²) in [7, 11) is 2.13. The normalized spacial score (nSPS) is 21.1. The van der Waals surface area contributed by atoms with Gasteiger partial charge < -0.3 is 4.79 Å². The highest BCUT2D eigenvalue weighted by molar-refractivity contribution is 6.15. The molecule has 38 heavy (non-hydrogen) atoms. The van der Waals surface area contributed by atoms with E-state index in [4.69, 9.17) is 4.99 Å². The van der Waals surface area contributed by atoms with Crippen LogP contribution in [-0.2, 0) is 9.59 Å². The number of carbonyl (C=O) groups is 2. The molecule has 7 rings (SSSR count). The molecule has 0 atom stereocenters. The van der Waals surface area contributed by atoms with Crippen LogP contribution < -0.4 is 0 Å². The van der Waals surface area contributed by atoms with Crippen LogP contribution in [0.1, 0.15) is 44.1 Å². The zero-order chi connectivity index (χ0) is 26.1. The number of amides is 1. The number of benzene rings is 2. The van der Waals surface area contributed by atoms with Crippen molar-refractivity contribution in [1.82, 2.24) is 19.7 Å². The van der Waals surface area contributed by atoms with Crippen LogP contribution in [0.15, 0.2) is 65.8 Å². The fourth-order valence-electron chi connectivity index (χ4n) is 5.78. The molecule has 1 aromatic heterocycles. The van der Waals surface area contributed by atoms with Crippen LogP contribution >= 0.6 is 0 Å². The standard InChI is InChI=1S/C27H29N5O.C4H6O/c1-30-16-17-31(18-30)19-32-25(29-27(26(32)33)13-4-5-14-27)21-10-8-20(9-11-21)22-12-15-28-24-7-3-2-6-23(22)24;5-3-4-1-2-4/h2-3,6-12,15H,4-5,13-14,16-19H2,1H3;3-4H,1-2H2. The van der Waals surface area contributed by atoms with Gasteiger partial charge in [-0.2, -0.15) is 0 Å². The average Bonchev–Trinajstić information content (AvgIpc) is 3.43. The van der Waals surface area contributed by atoms with Crippen LogP contribution in [0, 0.1) is 5.92 Å². The molecule has 3 aromatic rings. The number of carbonyl (C=O) groups excluding carboxylic acids is 2. The van der Waals surface area contributed by atoms with Gasteiger partial charge in [0.05, 0.1) is 18.9 Å². The summed E-state index contributed by atoms with van der Waals surface area (Å²) >= 11 is 0. The minimum absolute atomic E-state index is 0.189. The Morgan fingerprint density at radius 1 is 0.974 bits per heavy atom. The first-order valence-corrected chi connectivity index (χ1v) is 13.8. The molecular weight excluding hydrogens is 474 g/mol. The predicted octanol–water partition coefficient (Wildman–Crippen LogP) is 4.56. The summed E-state index contributed by atoms with van der Waals surface area (Å²) < 4.78 is 0. The lowest BCUT2D eigenvalue weighted by Crippen LogP contribution is -2.46. The molecule has 3 heterocycles. The number of hydrogen-bond acceptors (Lipinski definition) is 6. The van der Waals surface area contributed by atoms with Crippen LogP contribution in [0.2, 0.25) is 0 Å². The number of aliphatic imine (C=N–C) groups is 1. The number of rotatable bonds is 5. The largest absolute Gasteiger partial charge is 0.303 e. The molecule has 3 fully saturated rings. The van der Waals surface area contributed by atoms with Gasteiger partial charge in [0, 0.05) is 36.2 Å². The van der Waals surface area contributed by atoms with E-state index >= 15 is 0 Å². The molecule has 1 saturated heterocycles. The molecule has 196 valence electrons.